The van der Waals surface area contributed by atoms with Gasteiger partial charge < -0.3 is 14.4 Å². The monoisotopic (exact) mass is 479 g/mol. The number of rotatable bonds is 6. The summed E-state index contributed by atoms with van der Waals surface area (Å²) in [5.41, 5.74) is 0.681. The molecule has 3 heterocycles. The first-order valence-electron chi connectivity index (χ1n) is 11.1. The number of fused-ring (bicyclic) bond motifs is 2. The Balaban J connectivity index is 1.87. The molecule has 1 saturated carbocycles. The Bertz CT molecular complexity index is 1530. The molecule has 1 aliphatic carbocycles. The lowest BCUT2D eigenvalue weighted by molar-refractivity contribution is -0.158. The average molecular weight is 479 g/mol. The van der Waals surface area contributed by atoms with Gasteiger partial charge in [-0.25, -0.2) is 18.6 Å². The van der Waals surface area contributed by atoms with Crippen molar-refractivity contribution in [3.05, 3.63) is 47.5 Å². The number of carboxylic acid groups (broad SMARTS) is 1. The SMILES string of the molecule is COc1cc(-n2c(C(C)(C)CC#N)c(C3CC(F)(C(=O)O)C3)c3nc4[nH]ncc4cc32)ccc1F. The van der Waals surface area contributed by atoms with E-state index in [-0.39, 0.29) is 25.0 Å². The molecule has 0 atom stereocenters. The van der Waals surface area contributed by atoms with Gasteiger partial charge in [0.05, 0.1) is 30.4 Å². The summed E-state index contributed by atoms with van der Waals surface area (Å²) in [6, 6.07) is 8.56. The van der Waals surface area contributed by atoms with Gasteiger partial charge in [-0.2, -0.15) is 10.4 Å². The highest BCUT2D eigenvalue weighted by molar-refractivity contribution is 5.94. The molecule has 0 bridgehead atoms. The minimum Gasteiger partial charge on any atom is -0.494 e. The van der Waals surface area contributed by atoms with Crippen molar-refractivity contribution in [2.24, 2.45) is 0 Å². The summed E-state index contributed by atoms with van der Waals surface area (Å²) in [7, 11) is 1.37. The zero-order valence-electron chi connectivity index (χ0n) is 19.4. The van der Waals surface area contributed by atoms with Crippen LogP contribution in [0.1, 0.15) is 50.3 Å². The predicted molar refractivity (Wildman–Crippen MR) is 124 cm³/mol. The van der Waals surface area contributed by atoms with Crippen LogP contribution >= 0.6 is 0 Å². The van der Waals surface area contributed by atoms with Crippen molar-refractivity contribution in [2.45, 2.75) is 50.1 Å². The van der Waals surface area contributed by atoms with Gasteiger partial charge in [0, 0.05) is 40.2 Å². The van der Waals surface area contributed by atoms with Gasteiger partial charge in [0.1, 0.15) is 0 Å². The summed E-state index contributed by atoms with van der Waals surface area (Å²) in [6.07, 6.45) is 1.37. The van der Waals surface area contributed by atoms with Crippen molar-refractivity contribution in [2.75, 3.05) is 7.11 Å². The zero-order chi connectivity index (χ0) is 25.1. The number of halogens is 2. The smallest absolute Gasteiger partial charge is 0.341 e. The van der Waals surface area contributed by atoms with E-state index in [4.69, 9.17) is 9.72 Å². The van der Waals surface area contributed by atoms with Gasteiger partial charge in [-0.3, -0.25) is 5.10 Å². The number of alkyl halides is 1. The van der Waals surface area contributed by atoms with Crippen molar-refractivity contribution < 1.29 is 23.4 Å². The summed E-state index contributed by atoms with van der Waals surface area (Å²) in [6.45, 7) is 3.80. The quantitative estimate of drug-likeness (QED) is 0.406. The Kier molecular flexibility index (Phi) is 5.05. The van der Waals surface area contributed by atoms with Crippen LogP contribution in [0.2, 0.25) is 0 Å². The second-order valence-corrected chi connectivity index (χ2v) is 9.67. The van der Waals surface area contributed by atoms with Crippen molar-refractivity contribution in [3.63, 3.8) is 0 Å². The lowest BCUT2D eigenvalue weighted by atomic mass is 9.67. The number of nitrogens with zero attached hydrogens (tertiary/aromatic N) is 4. The van der Waals surface area contributed by atoms with Crippen LogP contribution in [0.25, 0.3) is 27.8 Å². The maximum absolute atomic E-state index is 14.9. The van der Waals surface area contributed by atoms with E-state index in [1.54, 1.807) is 18.3 Å². The Morgan fingerprint density at radius 1 is 1.40 bits per heavy atom. The second-order valence-electron chi connectivity index (χ2n) is 9.67. The number of ether oxygens (including phenoxy) is 1. The molecule has 180 valence electrons. The molecule has 1 aromatic carbocycles. The van der Waals surface area contributed by atoms with E-state index < -0.39 is 28.8 Å². The molecule has 4 aromatic rings. The lowest BCUT2D eigenvalue weighted by Gasteiger charge is -2.39. The molecule has 0 unspecified atom stereocenters. The number of nitriles is 1. The number of carbonyl (C=O) groups is 1. The summed E-state index contributed by atoms with van der Waals surface area (Å²) in [4.78, 5) is 16.3. The maximum atomic E-state index is 14.9. The van der Waals surface area contributed by atoms with E-state index in [0.717, 1.165) is 5.39 Å². The van der Waals surface area contributed by atoms with Crippen LogP contribution in [0.5, 0.6) is 5.75 Å². The molecular formula is C25H23F2N5O3. The Hall–Kier alpha value is -4.00. The van der Waals surface area contributed by atoms with Crippen molar-refractivity contribution in [1.82, 2.24) is 19.7 Å². The number of carboxylic acids is 1. The topological polar surface area (TPSA) is 117 Å². The average Bonchev–Trinajstić information content (AvgIpc) is 3.37. The first-order valence-corrected chi connectivity index (χ1v) is 11.1. The highest BCUT2D eigenvalue weighted by Gasteiger charge is 2.54. The number of aromatic nitrogens is 4. The zero-order valence-corrected chi connectivity index (χ0v) is 19.4. The first-order chi connectivity index (χ1) is 16.6. The van der Waals surface area contributed by atoms with Crippen LogP contribution < -0.4 is 4.74 Å². The molecule has 3 aromatic heterocycles. The number of aromatic amines is 1. The number of hydrogen-bond acceptors (Lipinski definition) is 5. The van der Waals surface area contributed by atoms with E-state index in [2.05, 4.69) is 16.3 Å². The minimum atomic E-state index is -2.31. The molecule has 8 nitrogen and oxygen atoms in total. The minimum absolute atomic E-state index is 0.0459. The van der Waals surface area contributed by atoms with Crippen LogP contribution in [0.4, 0.5) is 8.78 Å². The van der Waals surface area contributed by atoms with Gasteiger partial charge >= 0.3 is 5.97 Å². The van der Waals surface area contributed by atoms with Gasteiger partial charge in [-0.15, -0.1) is 0 Å². The van der Waals surface area contributed by atoms with E-state index in [0.29, 0.717) is 33.6 Å². The van der Waals surface area contributed by atoms with Gasteiger partial charge in [-0.05, 0) is 37.0 Å². The molecule has 1 aliphatic rings. The molecule has 0 saturated heterocycles. The standard InChI is InChI=1S/C25H23F2N5O3/c1-24(2,6-7-28)21-19(14-10-25(27,11-14)23(33)34)20-17(8-13-12-29-31-22(13)30-20)32(21)15-4-5-16(26)18(9-15)35-3/h4-5,8-9,12,14H,6,10-11H2,1-3H3,(H,33,34)(H,29,30,31). The van der Waals surface area contributed by atoms with Crippen LogP contribution in [-0.2, 0) is 10.2 Å². The van der Waals surface area contributed by atoms with Gasteiger partial charge in [0.2, 0.25) is 5.67 Å². The molecule has 35 heavy (non-hydrogen) atoms. The van der Waals surface area contributed by atoms with Crippen LogP contribution in [-0.4, -0.2) is 43.6 Å². The summed E-state index contributed by atoms with van der Waals surface area (Å²) < 4.78 is 36.2. The van der Waals surface area contributed by atoms with Crippen molar-refractivity contribution in [3.8, 4) is 17.5 Å². The number of H-pyrrole nitrogens is 1. The number of aliphatic carboxylic acids is 1. The molecule has 1 fully saturated rings. The van der Waals surface area contributed by atoms with Crippen LogP contribution in [0, 0.1) is 17.1 Å². The third-order valence-corrected chi connectivity index (χ3v) is 6.87. The van der Waals surface area contributed by atoms with Crippen molar-refractivity contribution >= 4 is 28.0 Å². The normalized spacial score (nSPS) is 20.1. The Morgan fingerprint density at radius 2 is 2.14 bits per heavy atom. The molecule has 10 heteroatoms. The second kappa shape index (κ2) is 7.77. The van der Waals surface area contributed by atoms with Crippen LogP contribution in [0.15, 0.2) is 30.5 Å². The predicted octanol–water partition coefficient (Wildman–Crippen LogP) is 4.91. The highest BCUT2D eigenvalue weighted by atomic mass is 19.1. The first kappa shape index (κ1) is 22.8. The van der Waals surface area contributed by atoms with Gasteiger partial charge in [0.15, 0.2) is 17.2 Å². The lowest BCUT2D eigenvalue weighted by Crippen LogP contribution is -2.46. The van der Waals surface area contributed by atoms with Crippen molar-refractivity contribution in [1.29, 1.82) is 5.26 Å². The summed E-state index contributed by atoms with van der Waals surface area (Å²) in [5, 5.41) is 26.6. The summed E-state index contributed by atoms with van der Waals surface area (Å²) >= 11 is 0. The number of methoxy groups -OCH3 is 1. The fourth-order valence-corrected chi connectivity index (χ4v) is 5.08. The third-order valence-electron chi connectivity index (χ3n) is 6.87. The molecular weight excluding hydrogens is 456 g/mol. The van der Waals surface area contributed by atoms with Gasteiger partial charge in [-0.1, -0.05) is 13.8 Å². The number of hydrogen-bond donors (Lipinski definition) is 2. The number of nitrogens with one attached hydrogen (secondary N) is 1. The van der Waals surface area contributed by atoms with E-state index >= 15 is 0 Å². The molecule has 0 radical (unpaired) electrons. The summed E-state index contributed by atoms with van der Waals surface area (Å²) in [5.74, 6) is -2.39. The molecule has 0 amide bonds. The Morgan fingerprint density at radius 3 is 2.80 bits per heavy atom. The van der Waals surface area contributed by atoms with E-state index in [1.807, 2.05) is 24.5 Å². The maximum Gasteiger partial charge on any atom is 0.341 e. The molecule has 0 spiro atoms. The highest BCUT2D eigenvalue weighted by Crippen LogP contribution is 2.53. The fraction of sp³-hybridized carbons (Fsp3) is 0.360. The third kappa shape index (κ3) is 3.41. The molecule has 0 aliphatic heterocycles. The number of benzene rings is 1. The number of pyridine rings is 1. The molecule has 2 N–H and O–H groups in total. The van der Waals surface area contributed by atoms with E-state index in [1.165, 1.54) is 13.2 Å². The fourth-order valence-electron chi connectivity index (χ4n) is 5.08. The van der Waals surface area contributed by atoms with Gasteiger partial charge in [0.25, 0.3) is 0 Å². The molecule has 5 rings (SSSR count). The van der Waals surface area contributed by atoms with E-state index in [9.17, 15) is 23.9 Å². The largest absolute Gasteiger partial charge is 0.494 e. The van der Waals surface area contributed by atoms with Crippen LogP contribution in [0.3, 0.4) is 0 Å². The Labute approximate surface area is 199 Å².